The van der Waals surface area contributed by atoms with E-state index in [1.165, 1.54) is 11.8 Å². The van der Waals surface area contributed by atoms with Crippen LogP contribution >= 0.6 is 11.8 Å². The Morgan fingerprint density at radius 3 is 2.71 bits per heavy atom. The Kier molecular flexibility index (Phi) is 7.32. The third-order valence-corrected chi connectivity index (χ3v) is 5.80. The minimum absolute atomic E-state index is 0.228. The molecular weight excluding hydrogens is 448 g/mol. The van der Waals surface area contributed by atoms with Gasteiger partial charge < -0.3 is 15.0 Å². The minimum atomic E-state index is -0.228. The number of amidine groups is 1. The number of anilines is 1. The summed E-state index contributed by atoms with van der Waals surface area (Å²) in [5.41, 5.74) is 4.05. The Morgan fingerprint density at radius 1 is 1.21 bits per heavy atom. The standard InChI is InChI=1S/C25H28N6O2S/c1-5-10-19-21-22(31(3)30-19)24(32)29-23(28-21)18-15-17(13-14-20(18)33-6-2)27-25(34-4)26-16-11-8-7-9-12-16/h7-9,11-15H,5-6,10H2,1-4H3,(H,26,27)(H,28,29,32). The van der Waals surface area contributed by atoms with Crippen LogP contribution in [0.1, 0.15) is 26.0 Å². The third-order valence-electron chi connectivity index (χ3n) is 5.22. The SMILES string of the molecule is CCCc1nn(C)c2c(=O)[nH]c(-c3cc(NC(=Nc4ccccc4)SC)ccc3OCC)nc12. The van der Waals surface area contributed by atoms with Crippen LogP contribution < -0.4 is 15.6 Å². The number of para-hydroxylation sites is 1. The first-order chi connectivity index (χ1) is 16.5. The smallest absolute Gasteiger partial charge is 0.277 e. The summed E-state index contributed by atoms with van der Waals surface area (Å²) in [5, 5.41) is 8.63. The van der Waals surface area contributed by atoms with Crippen molar-refractivity contribution in [1.29, 1.82) is 0 Å². The zero-order valence-electron chi connectivity index (χ0n) is 19.8. The second-order valence-corrected chi connectivity index (χ2v) is 8.45. The summed E-state index contributed by atoms with van der Waals surface area (Å²) in [6.45, 7) is 4.50. The van der Waals surface area contributed by atoms with Gasteiger partial charge in [-0.05, 0) is 49.9 Å². The van der Waals surface area contributed by atoms with Gasteiger partial charge in [0.25, 0.3) is 5.56 Å². The van der Waals surface area contributed by atoms with Crippen LogP contribution in [0.4, 0.5) is 11.4 Å². The van der Waals surface area contributed by atoms with E-state index >= 15 is 0 Å². The summed E-state index contributed by atoms with van der Waals surface area (Å²) in [6, 6.07) is 15.5. The second kappa shape index (κ2) is 10.6. The highest BCUT2D eigenvalue weighted by Crippen LogP contribution is 2.32. The lowest BCUT2D eigenvalue weighted by molar-refractivity contribution is 0.341. The van der Waals surface area contributed by atoms with Crippen LogP contribution in [0.5, 0.6) is 5.75 Å². The Hall–Kier alpha value is -3.59. The zero-order valence-corrected chi connectivity index (χ0v) is 20.6. The Bertz CT molecular complexity index is 1380. The summed E-state index contributed by atoms with van der Waals surface area (Å²) in [5.74, 6) is 1.09. The van der Waals surface area contributed by atoms with E-state index in [9.17, 15) is 4.79 Å². The van der Waals surface area contributed by atoms with Gasteiger partial charge in [-0.25, -0.2) is 9.98 Å². The van der Waals surface area contributed by atoms with Crippen LogP contribution in [0.3, 0.4) is 0 Å². The molecule has 0 fully saturated rings. The number of fused-ring (bicyclic) bond motifs is 1. The fraction of sp³-hybridized carbons (Fsp3) is 0.280. The van der Waals surface area contributed by atoms with Crippen LogP contribution in [0.25, 0.3) is 22.4 Å². The highest BCUT2D eigenvalue weighted by molar-refractivity contribution is 8.13. The minimum Gasteiger partial charge on any atom is -0.493 e. The van der Waals surface area contributed by atoms with Gasteiger partial charge in [0.1, 0.15) is 17.1 Å². The molecule has 0 atom stereocenters. The number of benzene rings is 2. The molecule has 0 spiro atoms. The van der Waals surface area contributed by atoms with Crippen molar-refractivity contribution in [2.45, 2.75) is 26.7 Å². The number of nitrogens with zero attached hydrogens (tertiary/aromatic N) is 4. The quantitative estimate of drug-likeness (QED) is 0.283. The van der Waals surface area contributed by atoms with Gasteiger partial charge in [-0.1, -0.05) is 43.3 Å². The largest absolute Gasteiger partial charge is 0.493 e. The Labute approximate surface area is 202 Å². The molecule has 2 aromatic carbocycles. The lowest BCUT2D eigenvalue weighted by atomic mass is 10.1. The lowest BCUT2D eigenvalue weighted by Gasteiger charge is -2.14. The van der Waals surface area contributed by atoms with Crippen molar-refractivity contribution >= 4 is 39.3 Å². The first-order valence-electron chi connectivity index (χ1n) is 11.2. The number of aromatic amines is 1. The van der Waals surface area contributed by atoms with E-state index in [2.05, 4.69) is 27.3 Å². The number of hydrogen-bond donors (Lipinski definition) is 2. The van der Waals surface area contributed by atoms with E-state index < -0.39 is 0 Å². The van der Waals surface area contributed by atoms with Crippen molar-refractivity contribution in [3.8, 4) is 17.1 Å². The van der Waals surface area contributed by atoms with E-state index in [0.717, 1.165) is 35.1 Å². The number of aliphatic imine (C=N–C) groups is 1. The zero-order chi connectivity index (χ0) is 24.1. The Balaban J connectivity index is 1.79. The van der Waals surface area contributed by atoms with Gasteiger partial charge in [0.15, 0.2) is 10.7 Å². The molecule has 4 rings (SSSR count). The maximum absolute atomic E-state index is 13.0. The molecule has 0 unspecified atom stereocenters. The predicted octanol–water partition coefficient (Wildman–Crippen LogP) is 5.14. The Morgan fingerprint density at radius 2 is 2.00 bits per heavy atom. The molecule has 0 saturated heterocycles. The van der Waals surface area contributed by atoms with Crippen LogP contribution in [0.15, 0.2) is 58.3 Å². The highest BCUT2D eigenvalue weighted by Gasteiger charge is 2.18. The van der Waals surface area contributed by atoms with Crippen LogP contribution in [0.2, 0.25) is 0 Å². The fourth-order valence-electron chi connectivity index (χ4n) is 3.72. The molecule has 0 aliphatic rings. The molecule has 0 bridgehead atoms. The number of aromatic nitrogens is 4. The average molecular weight is 477 g/mol. The first-order valence-corrected chi connectivity index (χ1v) is 12.4. The summed E-state index contributed by atoms with van der Waals surface area (Å²) >= 11 is 1.51. The highest BCUT2D eigenvalue weighted by atomic mass is 32.2. The van der Waals surface area contributed by atoms with Gasteiger partial charge in [0.2, 0.25) is 0 Å². The number of hydrogen-bond acceptors (Lipinski definition) is 6. The third kappa shape index (κ3) is 4.99. The number of thioether (sulfide) groups is 1. The van der Waals surface area contributed by atoms with Crippen molar-refractivity contribution in [3.05, 3.63) is 64.6 Å². The predicted molar refractivity (Wildman–Crippen MR) is 140 cm³/mol. The van der Waals surface area contributed by atoms with Crippen molar-refractivity contribution in [1.82, 2.24) is 19.7 Å². The molecule has 0 amide bonds. The molecule has 4 aromatic rings. The number of aryl methyl sites for hydroxylation is 2. The normalized spacial score (nSPS) is 11.7. The molecule has 176 valence electrons. The van der Waals surface area contributed by atoms with Crippen molar-refractivity contribution in [2.75, 3.05) is 18.2 Å². The summed E-state index contributed by atoms with van der Waals surface area (Å²) in [7, 11) is 1.77. The van der Waals surface area contributed by atoms with Crippen LogP contribution in [-0.4, -0.2) is 37.8 Å². The summed E-state index contributed by atoms with van der Waals surface area (Å²) in [6.07, 6.45) is 3.63. The second-order valence-electron chi connectivity index (χ2n) is 7.66. The fourth-order valence-corrected chi connectivity index (χ4v) is 4.14. The molecule has 2 N–H and O–H groups in total. The number of ether oxygens (including phenoxy) is 1. The molecule has 2 aromatic heterocycles. The van der Waals surface area contributed by atoms with Gasteiger partial charge in [-0.2, -0.15) is 5.10 Å². The molecule has 0 aliphatic heterocycles. The molecule has 0 radical (unpaired) electrons. The number of H-pyrrole nitrogens is 1. The summed E-state index contributed by atoms with van der Waals surface area (Å²) in [4.78, 5) is 25.4. The molecule has 2 heterocycles. The van der Waals surface area contributed by atoms with Crippen molar-refractivity contribution in [3.63, 3.8) is 0 Å². The lowest BCUT2D eigenvalue weighted by Crippen LogP contribution is -2.13. The van der Waals surface area contributed by atoms with E-state index in [1.807, 2.05) is 61.7 Å². The van der Waals surface area contributed by atoms with E-state index in [4.69, 9.17) is 9.72 Å². The number of nitrogens with one attached hydrogen (secondary N) is 2. The monoisotopic (exact) mass is 476 g/mol. The molecule has 8 nitrogen and oxygen atoms in total. The van der Waals surface area contributed by atoms with E-state index in [1.54, 1.807) is 11.7 Å². The van der Waals surface area contributed by atoms with Crippen molar-refractivity contribution in [2.24, 2.45) is 12.0 Å². The van der Waals surface area contributed by atoms with Crippen LogP contribution in [-0.2, 0) is 13.5 Å². The van der Waals surface area contributed by atoms with Gasteiger partial charge in [-0.15, -0.1) is 0 Å². The molecular formula is C25H28N6O2S. The molecule has 0 saturated carbocycles. The molecule has 34 heavy (non-hydrogen) atoms. The summed E-state index contributed by atoms with van der Waals surface area (Å²) < 4.78 is 7.46. The topological polar surface area (TPSA) is 97.2 Å². The maximum atomic E-state index is 13.0. The molecule has 9 heteroatoms. The van der Waals surface area contributed by atoms with Crippen LogP contribution in [0, 0.1) is 0 Å². The molecule has 0 aliphatic carbocycles. The van der Waals surface area contributed by atoms with Gasteiger partial charge in [0.05, 0.1) is 23.6 Å². The van der Waals surface area contributed by atoms with E-state index in [0.29, 0.717) is 34.8 Å². The van der Waals surface area contributed by atoms with Gasteiger partial charge in [-0.3, -0.25) is 9.48 Å². The van der Waals surface area contributed by atoms with Crippen molar-refractivity contribution < 1.29 is 4.74 Å². The van der Waals surface area contributed by atoms with Gasteiger partial charge in [0, 0.05) is 12.7 Å². The first kappa shape index (κ1) is 23.6. The maximum Gasteiger partial charge on any atom is 0.277 e. The average Bonchev–Trinajstić information content (AvgIpc) is 3.16. The number of rotatable bonds is 7. The van der Waals surface area contributed by atoms with Gasteiger partial charge >= 0.3 is 0 Å². The van der Waals surface area contributed by atoms with E-state index in [-0.39, 0.29) is 5.56 Å².